The molecular weight excluding hydrogens is 344 g/mol. The minimum absolute atomic E-state index is 0.0346. The Hall–Kier alpha value is -1.56. The zero-order chi connectivity index (χ0) is 19.4. The van der Waals surface area contributed by atoms with Crippen LogP contribution in [-0.4, -0.2) is 45.7 Å². The molecule has 0 aromatic heterocycles. The van der Waals surface area contributed by atoms with E-state index in [9.17, 15) is 19.8 Å². The molecule has 0 aromatic rings. The first-order chi connectivity index (χ1) is 12.6. The van der Waals surface area contributed by atoms with Crippen molar-refractivity contribution < 1.29 is 24.5 Å². The molecule has 4 fully saturated rings. The summed E-state index contributed by atoms with van der Waals surface area (Å²) in [5, 5.41) is 20.9. The van der Waals surface area contributed by atoms with Crippen LogP contribution in [0.4, 0.5) is 0 Å². The zero-order valence-corrected chi connectivity index (χ0v) is 15.8. The summed E-state index contributed by atoms with van der Waals surface area (Å²) in [6, 6.07) is 0. The molecule has 1 heterocycles. The van der Waals surface area contributed by atoms with Gasteiger partial charge in [-0.15, -0.1) is 0 Å². The van der Waals surface area contributed by atoms with E-state index in [1.165, 1.54) is 0 Å². The molecule has 0 amide bonds. The number of ether oxygens (including phenoxy) is 1. The number of epoxide rings is 1. The summed E-state index contributed by atoms with van der Waals surface area (Å²) < 4.78 is 6.40. The number of fused-ring (bicyclic) bond motifs is 3. The monoisotopic (exact) mass is 370 g/mol. The van der Waals surface area contributed by atoms with Crippen molar-refractivity contribution in [2.45, 2.75) is 56.8 Å². The highest BCUT2D eigenvalue weighted by molar-refractivity contribution is 6.01. The van der Waals surface area contributed by atoms with Crippen molar-refractivity contribution in [3.8, 4) is 0 Å². The Morgan fingerprint density at radius 3 is 2.81 bits per heavy atom. The van der Waals surface area contributed by atoms with E-state index in [0.29, 0.717) is 18.4 Å². The summed E-state index contributed by atoms with van der Waals surface area (Å²) in [7, 11) is 0. The third kappa shape index (κ3) is 1.69. The minimum atomic E-state index is -1.69. The highest BCUT2D eigenvalue weighted by Crippen LogP contribution is 2.76. The summed E-state index contributed by atoms with van der Waals surface area (Å²) in [6.07, 6.45) is 8.16. The second-order valence-corrected chi connectivity index (χ2v) is 9.48. The van der Waals surface area contributed by atoms with Gasteiger partial charge in [-0.3, -0.25) is 9.59 Å². The number of hydrogen-bond donors (Lipinski definition) is 2. The Balaban J connectivity index is 1.61. The number of carbonyl (C=O) groups is 2. The van der Waals surface area contributed by atoms with Crippen LogP contribution in [-0.2, 0) is 14.3 Å². The van der Waals surface area contributed by atoms with E-state index in [1.54, 1.807) is 12.2 Å². The number of carbonyl (C=O) groups excluding carboxylic acids is 2. The lowest BCUT2D eigenvalue weighted by atomic mass is 9.47. The van der Waals surface area contributed by atoms with Crippen LogP contribution in [0.1, 0.15) is 39.5 Å². The Bertz CT molecular complexity index is 855. The van der Waals surface area contributed by atoms with Crippen LogP contribution in [0.3, 0.4) is 0 Å². The zero-order valence-electron chi connectivity index (χ0n) is 15.8. The van der Waals surface area contributed by atoms with E-state index in [4.69, 9.17) is 4.74 Å². The average molecular weight is 370 g/mol. The summed E-state index contributed by atoms with van der Waals surface area (Å²) in [4.78, 5) is 24.5. The molecule has 1 spiro atoms. The van der Waals surface area contributed by atoms with Crippen molar-refractivity contribution in [1.82, 2.24) is 0 Å². The second kappa shape index (κ2) is 4.88. The molecule has 27 heavy (non-hydrogen) atoms. The van der Waals surface area contributed by atoms with Crippen LogP contribution in [0, 0.1) is 22.7 Å². The Morgan fingerprint density at radius 1 is 1.37 bits per heavy atom. The van der Waals surface area contributed by atoms with E-state index >= 15 is 0 Å². The smallest absolute Gasteiger partial charge is 0.194 e. The van der Waals surface area contributed by atoms with Crippen LogP contribution >= 0.6 is 0 Å². The van der Waals surface area contributed by atoms with Crippen LogP contribution < -0.4 is 0 Å². The summed E-state index contributed by atoms with van der Waals surface area (Å²) >= 11 is 0. The number of rotatable bonds is 2. The number of hydrogen-bond acceptors (Lipinski definition) is 5. The van der Waals surface area contributed by atoms with Gasteiger partial charge in [-0.05, 0) is 62.2 Å². The van der Waals surface area contributed by atoms with Gasteiger partial charge in [0.1, 0.15) is 12.2 Å². The van der Waals surface area contributed by atoms with Gasteiger partial charge < -0.3 is 14.9 Å². The van der Waals surface area contributed by atoms with E-state index in [2.05, 4.69) is 13.5 Å². The SMILES string of the molecule is C=C1C[C@H]2[C@@H]3CCC4=CC(=O)C=C[C@]4(C)[C@@]34O[C@H]4C[C@]2(C)[C@@]1(O)C(=O)CO. The molecule has 1 aliphatic heterocycles. The fourth-order valence-electron chi connectivity index (χ4n) is 7.24. The van der Waals surface area contributed by atoms with E-state index in [1.807, 2.05) is 13.0 Å². The van der Waals surface area contributed by atoms with E-state index < -0.39 is 23.4 Å². The average Bonchev–Trinajstić information content (AvgIpc) is 3.31. The molecule has 5 aliphatic rings. The molecule has 1 saturated heterocycles. The molecule has 0 unspecified atom stereocenters. The summed E-state index contributed by atoms with van der Waals surface area (Å²) in [5.41, 5.74) is -1.42. The molecule has 0 bridgehead atoms. The van der Waals surface area contributed by atoms with Gasteiger partial charge in [-0.25, -0.2) is 0 Å². The standard InChI is InChI=1S/C22H26O5/c1-12-8-16-15-5-4-13-9-14(24)6-7-19(13,2)22(15)18(27-22)10-20(16,3)21(12,26)17(25)11-23/h6-7,9,15-16,18,23,26H,1,4-5,8,10-11H2,2-3H3/t15-,16-,18-,19-,20-,21-,22+/m0/s1. The van der Waals surface area contributed by atoms with Gasteiger partial charge in [0.15, 0.2) is 17.2 Å². The number of aliphatic hydroxyl groups excluding tert-OH is 1. The quantitative estimate of drug-likeness (QED) is 0.573. The Morgan fingerprint density at radius 2 is 2.11 bits per heavy atom. The summed E-state index contributed by atoms with van der Waals surface area (Å²) in [6.45, 7) is 7.47. The van der Waals surface area contributed by atoms with Crippen molar-refractivity contribution in [3.05, 3.63) is 36.0 Å². The van der Waals surface area contributed by atoms with Crippen molar-refractivity contribution in [3.63, 3.8) is 0 Å². The lowest BCUT2D eigenvalue weighted by Crippen LogP contribution is -2.61. The lowest BCUT2D eigenvalue weighted by Gasteiger charge is -2.55. The molecule has 7 atom stereocenters. The molecular formula is C22H26O5. The summed E-state index contributed by atoms with van der Waals surface area (Å²) in [5.74, 6) is -0.282. The molecule has 144 valence electrons. The molecule has 2 N–H and O–H groups in total. The molecule has 0 aromatic carbocycles. The highest BCUT2D eigenvalue weighted by Gasteiger charge is 2.81. The maximum absolute atomic E-state index is 12.6. The van der Waals surface area contributed by atoms with Crippen LogP contribution in [0.5, 0.6) is 0 Å². The van der Waals surface area contributed by atoms with Gasteiger partial charge in [0.05, 0.1) is 6.10 Å². The fourth-order valence-corrected chi connectivity index (χ4v) is 7.24. The second-order valence-electron chi connectivity index (χ2n) is 9.48. The molecule has 0 radical (unpaired) electrons. The first-order valence-corrected chi connectivity index (χ1v) is 9.82. The molecule has 5 heteroatoms. The number of allylic oxidation sites excluding steroid dienone is 2. The van der Waals surface area contributed by atoms with Crippen molar-refractivity contribution in [2.75, 3.05) is 6.61 Å². The lowest BCUT2D eigenvalue weighted by molar-refractivity contribution is -0.154. The normalized spacial score (nSPS) is 52.4. The van der Waals surface area contributed by atoms with Gasteiger partial charge in [-0.1, -0.05) is 25.2 Å². The maximum atomic E-state index is 12.6. The first kappa shape index (κ1) is 17.5. The number of aliphatic hydroxyl groups is 2. The molecule has 5 nitrogen and oxygen atoms in total. The molecule has 4 aliphatic carbocycles. The predicted molar refractivity (Wildman–Crippen MR) is 97.7 cm³/mol. The maximum Gasteiger partial charge on any atom is 0.194 e. The van der Waals surface area contributed by atoms with E-state index in [-0.39, 0.29) is 34.7 Å². The van der Waals surface area contributed by atoms with Gasteiger partial charge in [0.2, 0.25) is 0 Å². The number of ketones is 2. The third-order valence-corrected chi connectivity index (χ3v) is 8.68. The van der Waals surface area contributed by atoms with Gasteiger partial charge in [0, 0.05) is 10.8 Å². The molecule has 5 rings (SSSR count). The minimum Gasteiger partial charge on any atom is -0.388 e. The largest absolute Gasteiger partial charge is 0.388 e. The third-order valence-electron chi connectivity index (χ3n) is 8.68. The molecule has 3 saturated carbocycles. The van der Waals surface area contributed by atoms with Crippen molar-refractivity contribution >= 4 is 11.6 Å². The van der Waals surface area contributed by atoms with Gasteiger partial charge in [-0.2, -0.15) is 0 Å². The number of Topliss-reactive ketones (excluding diaryl/α,β-unsaturated/α-hetero) is 1. The Kier molecular flexibility index (Phi) is 3.17. The van der Waals surface area contributed by atoms with Gasteiger partial charge >= 0.3 is 0 Å². The van der Waals surface area contributed by atoms with Crippen molar-refractivity contribution in [2.24, 2.45) is 22.7 Å². The van der Waals surface area contributed by atoms with Crippen LogP contribution in [0.25, 0.3) is 0 Å². The first-order valence-electron chi connectivity index (χ1n) is 9.82. The topological polar surface area (TPSA) is 87.1 Å². The predicted octanol–water partition coefficient (Wildman–Crippen LogP) is 1.88. The van der Waals surface area contributed by atoms with E-state index in [0.717, 1.165) is 18.4 Å². The van der Waals surface area contributed by atoms with Gasteiger partial charge in [0.25, 0.3) is 0 Å². The van der Waals surface area contributed by atoms with Crippen molar-refractivity contribution in [1.29, 1.82) is 0 Å². The van der Waals surface area contributed by atoms with Crippen LogP contribution in [0.15, 0.2) is 36.0 Å². The highest BCUT2D eigenvalue weighted by atomic mass is 16.6. The Labute approximate surface area is 158 Å². The fraction of sp³-hybridized carbons (Fsp3) is 0.636. The van der Waals surface area contributed by atoms with Crippen LogP contribution in [0.2, 0.25) is 0 Å².